The monoisotopic (exact) mass is 454 g/mol. The summed E-state index contributed by atoms with van der Waals surface area (Å²) in [5.41, 5.74) is 2.49. The van der Waals surface area contributed by atoms with Crippen LogP contribution < -0.4 is 10.6 Å². The Balaban J connectivity index is 0.00000243. The number of piperazine rings is 1. The predicted octanol–water partition coefficient (Wildman–Crippen LogP) is 1.69. The third kappa shape index (κ3) is 8.03. The topological polar surface area (TPSA) is 56.8 Å². The highest BCUT2D eigenvalue weighted by molar-refractivity contribution is 5.86. The van der Waals surface area contributed by atoms with Gasteiger partial charge in [0.25, 0.3) is 5.91 Å². The van der Waals surface area contributed by atoms with Crippen molar-refractivity contribution in [2.45, 2.75) is 26.1 Å². The zero-order valence-corrected chi connectivity index (χ0v) is 18.8. The minimum atomic E-state index is -0.372. The van der Waals surface area contributed by atoms with Crippen molar-refractivity contribution in [2.75, 3.05) is 52.4 Å². The number of amides is 1. The van der Waals surface area contributed by atoms with Crippen molar-refractivity contribution >= 4 is 43.1 Å². The van der Waals surface area contributed by atoms with Crippen molar-refractivity contribution in [3.05, 3.63) is 35.4 Å². The summed E-state index contributed by atoms with van der Waals surface area (Å²) in [6, 6.07) is 8.40. The predicted molar refractivity (Wildman–Crippen MR) is 120 cm³/mol. The highest BCUT2D eigenvalue weighted by atomic mass is 35.5. The molecule has 1 atom stereocenters. The van der Waals surface area contributed by atoms with E-state index in [-0.39, 0.29) is 49.2 Å². The molecule has 2 fully saturated rings. The maximum atomic E-state index is 12.2. The molecule has 6 nitrogen and oxygen atoms in total. The molecule has 0 saturated carbocycles. The van der Waals surface area contributed by atoms with Gasteiger partial charge in [-0.05, 0) is 17.7 Å². The lowest BCUT2D eigenvalue weighted by molar-refractivity contribution is -0.134. The SMILES string of the molecule is CCN1CCN(Cc2ccccc2CNC(=O)C2CNCCO2)CC1.Cl.Cl.Cl. The first kappa shape index (κ1) is 27.4. The molecule has 2 aliphatic heterocycles. The average molecular weight is 456 g/mol. The molecule has 0 spiro atoms. The van der Waals surface area contributed by atoms with Crippen LogP contribution in [0.5, 0.6) is 0 Å². The Morgan fingerprint density at radius 2 is 1.75 bits per heavy atom. The van der Waals surface area contributed by atoms with Gasteiger partial charge in [0.15, 0.2) is 0 Å². The van der Waals surface area contributed by atoms with Crippen LogP contribution in [0.4, 0.5) is 0 Å². The summed E-state index contributed by atoms with van der Waals surface area (Å²) in [5.74, 6) is -0.0291. The molecule has 162 valence electrons. The molecule has 28 heavy (non-hydrogen) atoms. The van der Waals surface area contributed by atoms with E-state index in [1.165, 1.54) is 11.1 Å². The van der Waals surface area contributed by atoms with E-state index < -0.39 is 0 Å². The van der Waals surface area contributed by atoms with Gasteiger partial charge in [0.1, 0.15) is 6.10 Å². The fraction of sp³-hybridized carbons (Fsp3) is 0.632. The molecule has 0 radical (unpaired) electrons. The number of carbonyl (C=O) groups excluding carboxylic acids is 1. The lowest BCUT2D eigenvalue weighted by Crippen LogP contribution is -2.47. The van der Waals surface area contributed by atoms with Gasteiger partial charge in [-0.25, -0.2) is 0 Å². The highest BCUT2D eigenvalue weighted by Gasteiger charge is 2.22. The Kier molecular flexibility index (Phi) is 14.1. The Bertz CT molecular complexity index is 566. The number of hydrogen-bond acceptors (Lipinski definition) is 5. The molecule has 2 N–H and O–H groups in total. The van der Waals surface area contributed by atoms with Crippen LogP contribution >= 0.6 is 37.2 Å². The van der Waals surface area contributed by atoms with Crippen LogP contribution in [-0.2, 0) is 22.6 Å². The van der Waals surface area contributed by atoms with Gasteiger partial charge in [0.2, 0.25) is 0 Å². The van der Waals surface area contributed by atoms with Gasteiger partial charge in [0, 0.05) is 52.4 Å². The molecule has 1 aromatic carbocycles. The van der Waals surface area contributed by atoms with E-state index in [0.717, 1.165) is 45.8 Å². The molecule has 1 amide bonds. The summed E-state index contributed by atoms with van der Waals surface area (Å²) in [7, 11) is 0. The zero-order valence-electron chi connectivity index (χ0n) is 16.4. The Labute approximate surface area is 187 Å². The summed E-state index contributed by atoms with van der Waals surface area (Å²) in [4.78, 5) is 17.2. The van der Waals surface area contributed by atoms with Crippen LogP contribution in [0.25, 0.3) is 0 Å². The van der Waals surface area contributed by atoms with Crippen LogP contribution in [-0.4, -0.2) is 74.2 Å². The molecule has 2 aliphatic rings. The first-order valence-corrected chi connectivity index (χ1v) is 9.38. The molecule has 0 aliphatic carbocycles. The van der Waals surface area contributed by atoms with Gasteiger partial charge in [-0.15, -0.1) is 37.2 Å². The number of nitrogens with one attached hydrogen (secondary N) is 2. The van der Waals surface area contributed by atoms with Gasteiger partial charge < -0.3 is 20.3 Å². The van der Waals surface area contributed by atoms with E-state index in [0.29, 0.717) is 19.7 Å². The van der Waals surface area contributed by atoms with Gasteiger partial charge in [-0.1, -0.05) is 31.2 Å². The molecule has 2 heterocycles. The van der Waals surface area contributed by atoms with Crippen molar-refractivity contribution in [3.63, 3.8) is 0 Å². The number of morpholine rings is 1. The molecular formula is C19H33Cl3N4O2. The summed E-state index contributed by atoms with van der Waals surface area (Å²) >= 11 is 0. The summed E-state index contributed by atoms with van der Waals surface area (Å²) < 4.78 is 5.51. The highest BCUT2D eigenvalue weighted by Crippen LogP contribution is 2.14. The molecule has 0 aromatic heterocycles. The van der Waals surface area contributed by atoms with Crippen molar-refractivity contribution in [3.8, 4) is 0 Å². The summed E-state index contributed by atoms with van der Waals surface area (Å²) in [5, 5.41) is 6.22. The van der Waals surface area contributed by atoms with Crippen molar-refractivity contribution in [1.82, 2.24) is 20.4 Å². The number of benzene rings is 1. The fourth-order valence-electron chi connectivity index (χ4n) is 3.42. The van der Waals surface area contributed by atoms with E-state index in [1.54, 1.807) is 0 Å². The lowest BCUT2D eigenvalue weighted by Gasteiger charge is -2.34. The largest absolute Gasteiger partial charge is 0.366 e. The van der Waals surface area contributed by atoms with Crippen LogP contribution in [0, 0.1) is 0 Å². The van der Waals surface area contributed by atoms with Crippen LogP contribution in [0.2, 0.25) is 0 Å². The number of likely N-dealkylation sites (N-methyl/N-ethyl adjacent to an activating group) is 1. The Morgan fingerprint density at radius 1 is 1.11 bits per heavy atom. The lowest BCUT2D eigenvalue weighted by atomic mass is 10.1. The standard InChI is InChI=1S/C19H30N4O2.3ClH/c1-2-22-8-10-23(11-9-22)15-17-6-4-3-5-16(17)13-21-19(24)18-14-20-7-12-25-18;;;/h3-6,18,20H,2,7-15H2,1H3,(H,21,24);3*1H. The summed E-state index contributed by atoms with van der Waals surface area (Å²) in [6.07, 6.45) is -0.372. The molecule has 1 unspecified atom stereocenters. The second-order valence-electron chi connectivity index (χ2n) is 6.76. The van der Waals surface area contributed by atoms with Gasteiger partial charge in [-0.2, -0.15) is 0 Å². The number of carbonyl (C=O) groups is 1. The molecule has 9 heteroatoms. The Morgan fingerprint density at radius 3 is 2.36 bits per heavy atom. The van der Waals surface area contributed by atoms with Gasteiger partial charge in [0.05, 0.1) is 6.61 Å². The minimum absolute atomic E-state index is 0. The number of hydrogen-bond donors (Lipinski definition) is 2. The van der Waals surface area contributed by atoms with E-state index >= 15 is 0 Å². The van der Waals surface area contributed by atoms with Crippen LogP contribution in [0.3, 0.4) is 0 Å². The zero-order chi connectivity index (χ0) is 17.5. The number of halogens is 3. The molecule has 0 bridgehead atoms. The third-order valence-corrected chi connectivity index (χ3v) is 5.10. The number of rotatable bonds is 6. The van der Waals surface area contributed by atoms with Crippen molar-refractivity contribution in [1.29, 1.82) is 0 Å². The van der Waals surface area contributed by atoms with Crippen molar-refractivity contribution in [2.24, 2.45) is 0 Å². The molecule has 3 rings (SSSR count). The first-order chi connectivity index (χ1) is 12.3. The third-order valence-electron chi connectivity index (χ3n) is 5.10. The second-order valence-corrected chi connectivity index (χ2v) is 6.76. The van der Waals surface area contributed by atoms with E-state index in [1.807, 2.05) is 6.07 Å². The normalized spacial score (nSPS) is 20.2. The summed E-state index contributed by atoms with van der Waals surface area (Å²) in [6.45, 7) is 11.4. The van der Waals surface area contributed by atoms with Gasteiger partial charge >= 0.3 is 0 Å². The smallest absolute Gasteiger partial charge is 0.250 e. The number of ether oxygens (including phenoxy) is 1. The van der Waals surface area contributed by atoms with Crippen molar-refractivity contribution < 1.29 is 9.53 Å². The second kappa shape index (κ2) is 14.4. The van der Waals surface area contributed by atoms with Gasteiger partial charge in [-0.3, -0.25) is 9.69 Å². The first-order valence-electron chi connectivity index (χ1n) is 9.38. The van der Waals surface area contributed by atoms with Crippen LogP contribution in [0.1, 0.15) is 18.1 Å². The fourth-order valence-corrected chi connectivity index (χ4v) is 3.42. The van der Waals surface area contributed by atoms with E-state index in [4.69, 9.17) is 4.74 Å². The maximum absolute atomic E-state index is 12.2. The molecule has 1 aromatic rings. The number of nitrogens with zero attached hydrogens (tertiary/aromatic N) is 2. The van der Waals surface area contributed by atoms with E-state index in [9.17, 15) is 4.79 Å². The molecular weight excluding hydrogens is 423 g/mol. The quantitative estimate of drug-likeness (QED) is 0.684. The maximum Gasteiger partial charge on any atom is 0.250 e. The molecule has 2 saturated heterocycles. The minimum Gasteiger partial charge on any atom is -0.366 e. The van der Waals surface area contributed by atoms with E-state index in [2.05, 4.69) is 45.6 Å². The average Bonchev–Trinajstić information content (AvgIpc) is 2.68. The van der Waals surface area contributed by atoms with Crippen LogP contribution in [0.15, 0.2) is 24.3 Å². The Hall–Kier alpha value is -0.600.